The molecule has 1 aliphatic heterocycles. The molecule has 4 nitrogen and oxygen atoms in total. The minimum Gasteiger partial charge on any atom is -0.385 e. The second-order valence-electron chi connectivity index (χ2n) is 4.92. The summed E-state index contributed by atoms with van der Waals surface area (Å²) in [5.41, 5.74) is 4.84. The minimum absolute atomic E-state index is 0.0136. The molecule has 1 heterocycles. The number of urea groups is 1. The fourth-order valence-corrected chi connectivity index (χ4v) is 2.85. The third-order valence-electron chi connectivity index (χ3n) is 3.97. The summed E-state index contributed by atoms with van der Waals surface area (Å²) in [6, 6.07) is -0.555. The molecule has 0 bridgehead atoms. The van der Waals surface area contributed by atoms with Crippen LogP contribution < -0.4 is 5.73 Å². The van der Waals surface area contributed by atoms with E-state index < -0.39 is 23.7 Å². The molecule has 2 aliphatic rings. The molecule has 1 saturated carbocycles. The Morgan fingerprint density at radius 3 is 2.53 bits per heavy atom. The van der Waals surface area contributed by atoms with Crippen molar-refractivity contribution < 1.29 is 18.0 Å². The monoisotopic (exact) mass is 273 g/mol. The molecule has 1 fully saturated rings. The molecule has 1 aliphatic carbocycles. The highest BCUT2D eigenvalue weighted by molar-refractivity contribution is 6.06. The zero-order chi connectivity index (χ0) is 14.3. The van der Waals surface area contributed by atoms with E-state index in [-0.39, 0.29) is 38.1 Å². The third-order valence-corrected chi connectivity index (χ3v) is 3.97. The van der Waals surface area contributed by atoms with Crippen molar-refractivity contribution in [3.05, 3.63) is 0 Å². The maximum absolute atomic E-state index is 12.7. The molecule has 104 valence electrons. The maximum Gasteiger partial charge on any atom is 0.391 e. The molecule has 0 aromatic heterocycles. The van der Waals surface area contributed by atoms with E-state index >= 15 is 0 Å². The first kappa shape index (κ1) is 13.7. The molecule has 0 saturated heterocycles. The molecule has 0 aromatic rings. The number of nitrogens with two attached hydrogens (primary N) is 1. The van der Waals surface area contributed by atoms with Crippen LogP contribution in [-0.4, -0.2) is 35.0 Å². The topological polar surface area (TPSA) is 58.7 Å². The van der Waals surface area contributed by atoms with Gasteiger partial charge in [-0.25, -0.2) is 4.79 Å². The van der Waals surface area contributed by atoms with Gasteiger partial charge in [-0.3, -0.25) is 4.90 Å². The summed E-state index contributed by atoms with van der Waals surface area (Å²) in [6.07, 6.45) is 1.17. The lowest BCUT2D eigenvalue weighted by Gasteiger charge is -2.42. The Bertz CT molecular complexity index is 456. The second-order valence-corrected chi connectivity index (χ2v) is 4.92. The van der Waals surface area contributed by atoms with Gasteiger partial charge >= 0.3 is 12.2 Å². The van der Waals surface area contributed by atoms with Gasteiger partial charge < -0.3 is 5.73 Å². The number of aliphatic imine (C=N–C) groups is 1. The lowest BCUT2D eigenvalue weighted by Crippen LogP contribution is -2.56. The Hall–Kier alpha value is -1.71. The molecule has 2 rings (SSSR count). The van der Waals surface area contributed by atoms with Gasteiger partial charge in [0.25, 0.3) is 0 Å². The van der Waals surface area contributed by atoms with Crippen LogP contribution in [0.25, 0.3) is 0 Å². The van der Waals surface area contributed by atoms with Gasteiger partial charge in [0.2, 0.25) is 0 Å². The molecule has 0 radical (unpaired) electrons. The summed E-state index contributed by atoms with van der Waals surface area (Å²) in [4.78, 5) is 16.6. The van der Waals surface area contributed by atoms with Gasteiger partial charge in [-0.15, -0.1) is 6.42 Å². The number of hydrogen-bond donors (Lipinski definition) is 1. The van der Waals surface area contributed by atoms with Crippen LogP contribution in [0.4, 0.5) is 18.0 Å². The lowest BCUT2D eigenvalue weighted by molar-refractivity contribution is -0.185. The van der Waals surface area contributed by atoms with Crippen LogP contribution in [0, 0.1) is 18.3 Å². The first-order valence-electron chi connectivity index (χ1n) is 5.97. The predicted octanol–water partition coefficient (Wildman–Crippen LogP) is 1.90. The number of carbonyl (C=O) groups excluding carboxylic acids is 1. The molecular formula is C12H14F3N3O. The van der Waals surface area contributed by atoms with Gasteiger partial charge in [0.15, 0.2) is 0 Å². The molecule has 1 spiro atoms. The number of nitrogens with zero attached hydrogens (tertiary/aromatic N) is 2. The van der Waals surface area contributed by atoms with Crippen LogP contribution in [0.2, 0.25) is 0 Å². The van der Waals surface area contributed by atoms with Crippen molar-refractivity contribution in [3.63, 3.8) is 0 Å². The molecule has 19 heavy (non-hydrogen) atoms. The molecule has 0 atom stereocenters. The van der Waals surface area contributed by atoms with E-state index in [4.69, 9.17) is 12.2 Å². The van der Waals surface area contributed by atoms with E-state index in [0.717, 1.165) is 0 Å². The van der Waals surface area contributed by atoms with Crippen molar-refractivity contribution in [2.24, 2.45) is 16.6 Å². The van der Waals surface area contributed by atoms with Crippen LogP contribution in [0.5, 0.6) is 0 Å². The summed E-state index contributed by atoms with van der Waals surface area (Å²) >= 11 is 0. The van der Waals surface area contributed by atoms with Crippen molar-refractivity contribution in [1.82, 2.24) is 4.90 Å². The van der Waals surface area contributed by atoms with Crippen LogP contribution >= 0.6 is 0 Å². The standard InChI is InChI=1S/C12H14F3N3O/c1-2-7-18-10(19)17-9(16)11(18)5-3-8(4-6-11)12(13,14)15/h1,8H,3-7H2,(H2,16,17,19). The summed E-state index contributed by atoms with van der Waals surface area (Å²) in [5.74, 6) is 1.08. The van der Waals surface area contributed by atoms with Crippen molar-refractivity contribution in [2.45, 2.75) is 37.4 Å². The number of rotatable bonds is 1. The predicted molar refractivity (Wildman–Crippen MR) is 63.3 cm³/mol. The van der Waals surface area contributed by atoms with E-state index in [1.807, 2.05) is 0 Å². The smallest absolute Gasteiger partial charge is 0.385 e. The summed E-state index contributed by atoms with van der Waals surface area (Å²) in [7, 11) is 0. The quantitative estimate of drug-likeness (QED) is 0.742. The van der Waals surface area contributed by atoms with Crippen molar-refractivity contribution >= 4 is 11.9 Å². The number of terminal acetylenes is 1. The summed E-state index contributed by atoms with van der Waals surface area (Å²) < 4.78 is 38.0. The van der Waals surface area contributed by atoms with Crippen molar-refractivity contribution in [2.75, 3.05) is 6.54 Å². The molecule has 0 aromatic carbocycles. The number of hydrogen-bond acceptors (Lipinski definition) is 2. The zero-order valence-electron chi connectivity index (χ0n) is 10.2. The Morgan fingerprint density at radius 1 is 1.47 bits per heavy atom. The van der Waals surface area contributed by atoms with E-state index in [1.165, 1.54) is 4.90 Å². The molecule has 2 amide bonds. The zero-order valence-corrected chi connectivity index (χ0v) is 10.2. The number of amides is 2. The van der Waals surface area contributed by atoms with Gasteiger partial charge in [-0.1, -0.05) is 5.92 Å². The van der Waals surface area contributed by atoms with Gasteiger partial charge in [0, 0.05) is 0 Å². The first-order chi connectivity index (χ1) is 8.81. The van der Waals surface area contributed by atoms with Gasteiger partial charge in [-0.2, -0.15) is 18.2 Å². The Labute approximate surface area is 108 Å². The SMILES string of the molecule is C#CCN1C(=O)N=C(N)C12CCC(C(F)(F)F)CC2. The molecular weight excluding hydrogens is 259 g/mol. The van der Waals surface area contributed by atoms with E-state index in [9.17, 15) is 18.0 Å². The highest BCUT2D eigenvalue weighted by Gasteiger charge is 2.53. The van der Waals surface area contributed by atoms with Crippen LogP contribution in [-0.2, 0) is 0 Å². The highest BCUT2D eigenvalue weighted by Crippen LogP contribution is 2.45. The average molecular weight is 273 g/mol. The lowest BCUT2D eigenvalue weighted by atomic mass is 9.75. The van der Waals surface area contributed by atoms with Gasteiger partial charge in [0.05, 0.1) is 12.5 Å². The Morgan fingerprint density at radius 2 is 2.05 bits per heavy atom. The third kappa shape index (κ3) is 2.15. The minimum atomic E-state index is -4.20. The molecule has 7 heteroatoms. The van der Waals surface area contributed by atoms with E-state index in [2.05, 4.69) is 10.9 Å². The first-order valence-corrected chi connectivity index (χ1v) is 5.97. The number of amidine groups is 1. The normalized spacial score (nSPS) is 31.5. The largest absolute Gasteiger partial charge is 0.391 e. The van der Waals surface area contributed by atoms with Crippen LogP contribution in [0.15, 0.2) is 4.99 Å². The maximum atomic E-state index is 12.7. The fraction of sp³-hybridized carbons (Fsp3) is 0.667. The Kier molecular flexibility index (Phi) is 3.20. The molecule has 2 N–H and O–H groups in total. The average Bonchev–Trinajstić information content (AvgIpc) is 2.54. The number of alkyl halides is 3. The highest BCUT2D eigenvalue weighted by atomic mass is 19.4. The number of halogens is 3. The van der Waals surface area contributed by atoms with Gasteiger partial charge in [-0.05, 0) is 25.7 Å². The van der Waals surface area contributed by atoms with E-state index in [0.29, 0.717) is 0 Å². The van der Waals surface area contributed by atoms with E-state index in [1.54, 1.807) is 0 Å². The number of carbonyl (C=O) groups is 1. The second kappa shape index (κ2) is 4.44. The van der Waals surface area contributed by atoms with Crippen LogP contribution in [0.1, 0.15) is 25.7 Å². The summed E-state index contributed by atoms with van der Waals surface area (Å²) in [6.45, 7) is 0.0136. The van der Waals surface area contributed by atoms with Crippen molar-refractivity contribution in [1.29, 1.82) is 0 Å². The fourth-order valence-electron chi connectivity index (χ4n) is 2.85. The van der Waals surface area contributed by atoms with Crippen molar-refractivity contribution in [3.8, 4) is 12.3 Å². The molecule has 0 unspecified atom stereocenters. The summed E-state index contributed by atoms with van der Waals surface area (Å²) in [5, 5.41) is 0. The van der Waals surface area contributed by atoms with Gasteiger partial charge in [0.1, 0.15) is 11.4 Å². The Balaban J connectivity index is 2.19. The van der Waals surface area contributed by atoms with Crippen LogP contribution in [0.3, 0.4) is 0 Å².